The van der Waals surface area contributed by atoms with Crippen LogP contribution in [0.25, 0.3) is 0 Å². The minimum Gasteiger partial charge on any atom is -0.384 e. The Balaban J connectivity index is 2.76. The van der Waals surface area contributed by atoms with Gasteiger partial charge in [-0.25, -0.2) is 4.98 Å². The fourth-order valence-electron chi connectivity index (χ4n) is 1.47. The molecule has 15 heavy (non-hydrogen) atoms. The van der Waals surface area contributed by atoms with Crippen LogP contribution in [0.3, 0.4) is 0 Å². The predicted molar refractivity (Wildman–Crippen MR) is 62.9 cm³/mol. The maximum atomic E-state index is 5.62. The summed E-state index contributed by atoms with van der Waals surface area (Å²) in [7, 11) is 0. The van der Waals surface area contributed by atoms with Crippen LogP contribution in [0.2, 0.25) is 0 Å². The number of aromatic nitrogens is 1. The molecule has 0 aliphatic rings. The molecule has 1 heterocycles. The second kappa shape index (κ2) is 4.59. The van der Waals surface area contributed by atoms with Crippen molar-refractivity contribution in [3.63, 3.8) is 0 Å². The molecule has 4 nitrogen and oxygen atoms in total. The van der Waals surface area contributed by atoms with Gasteiger partial charge in [-0.2, -0.15) is 0 Å². The zero-order valence-corrected chi connectivity index (χ0v) is 9.62. The summed E-state index contributed by atoms with van der Waals surface area (Å²) in [4.78, 5) is 3.96. The van der Waals surface area contributed by atoms with Gasteiger partial charge >= 0.3 is 0 Å². The molecule has 4 heteroatoms. The Bertz CT molecular complexity index is 317. The number of hydrazine groups is 1. The van der Waals surface area contributed by atoms with Gasteiger partial charge in [-0.1, -0.05) is 20.8 Å². The van der Waals surface area contributed by atoms with Crippen LogP contribution in [-0.4, -0.2) is 11.0 Å². The van der Waals surface area contributed by atoms with E-state index in [1.807, 2.05) is 12.1 Å². The normalized spacial score (nSPS) is 13.9. The van der Waals surface area contributed by atoms with Gasteiger partial charge in [0.15, 0.2) is 0 Å². The van der Waals surface area contributed by atoms with Crippen LogP contribution < -0.4 is 17.0 Å². The molecule has 0 amide bonds. The first kappa shape index (κ1) is 11.9. The van der Waals surface area contributed by atoms with Crippen LogP contribution in [0, 0.1) is 5.41 Å². The summed E-state index contributed by atoms with van der Waals surface area (Å²) in [6, 6.07) is 4.07. The third-order valence-corrected chi connectivity index (χ3v) is 2.53. The standard InChI is InChI=1S/C11H20N4/c1-11(2,3)9(15-13)6-8-4-5-14-10(12)7-8/h4-5,7,9,15H,6,13H2,1-3H3,(H2,12,14). The van der Waals surface area contributed by atoms with Crippen LogP contribution in [-0.2, 0) is 6.42 Å². The molecular formula is C11H20N4. The largest absolute Gasteiger partial charge is 0.384 e. The Hall–Kier alpha value is -1.13. The monoisotopic (exact) mass is 208 g/mol. The number of nitrogens with zero attached hydrogens (tertiary/aromatic N) is 1. The van der Waals surface area contributed by atoms with Gasteiger partial charge in [-0.15, -0.1) is 0 Å². The first-order valence-electron chi connectivity index (χ1n) is 5.10. The van der Waals surface area contributed by atoms with E-state index < -0.39 is 0 Å². The van der Waals surface area contributed by atoms with E-state index in [-0.39, 0.29) is 11.5 Å². The van der Waals surface area contributed by atoms with E-state index in [1.165, 1.54) is 0 Å². The molecule has 0 spiro atoms. The first-order valence-corrected chi connectivity index (χ1v) is 5.10. The van der Waals surface area contributed by atoms with Gasteiger partial charge in [-0.05, 0) is 29.5 Å². The Labute approximate surface area is 91.0 Å². The van der Waals surface area contributed by atoms with Gasteiger partial charge in [0.25, 0.3) is 0 Å². The Morgan fingerprint density at radius 3 is 2.60 bits per heavy atom. The van der Waals surface area contributed by atoms with E-state index in [0.717, 1.165) is 12.0 Å². The molecule has 0 fully saturated rings. The summed E-state index contributed by atoms with van der Waals surface area (Å²) in [5.41, 5.74) is 9.74. The highest BCUT2D eigenvalue weighted by molar-refractivity contribution is 5.32. The van der Waals surface area contributed by atoms with Crippen LogP contribution in [0.4, 0.5) is 5.82 Å². The van der Waals surface area contributed by atoms with E-state index in [4.69, 9.17) is 11.6 Å². The molecule has 0 aliphatic heterocycles. The maximum absolute atomic E-state index is 5.62. The highest BCUT2D eigenvalue weighted by Crippen LogP contribution is 2.22. The number of nitrogen functional groups attached to an aromatic ring is 1. The van der Waals surface area contributed by atoms with Crippen LogP contribution in [0.5, 0.6) is 0 Å². The molecule has 0 aliphatic carbocycles. The van der Waals surface area contributed by atoms with Gasteiger partial charge < -0.3 is 5.73 Å². The maximum Gasteiger partial charge on any atom is 0.123 e. The summed E-state index contributed by atoms with van der Waals surface area (Å²) in [6.45, 7) is 6.46. The summed E-state index contributed by atoms with van der Waals surface area (Å²) < 4.78 is 0. The number of nitrogens with two attached hydrogens (primary N) is 2. The number of hydrogen-bond acceptors (Lipinski definition) is 4. The molecule has 1 atom stereocenters. The lowest BCUT2D eigenvalue weighted by atomic mass is 9.83. The molecule has 0 aromatic carbocycles. The van der Waals surface area contributed by atoms with Gasteiger partial charge in [0.2, 0.25) is 0 Å². The van der Waals surface area contributed by atoms with Crippen molar-refractivity contribution in [3.8, 4) is 0 Å². The second-order valence-corrected chi connectivity index (χ2v) is 4.88. The molecule has 84 valence electrons. The molecule has 0 radical (unpaired) electrons. The third kappa shape index (κ3) is 3.49. The smallest absolute Gasteiger partial charge is 0.123 e. The predicted octanol–water partition coefficient (Wildman–Crippen LogP) is 1.08. The molecule has 1 aromatic rings. The van der Waals surface area contributed by atoms with Crippen molar-refractivity contribution in [2.45, 2.75) is 33.2 Å². The number of pyridine rings is 1. The Morgan fingerprint density at radius 1 is 1.47 bits per heavy atom. The highest BCUT2D eigenvalue weighted by Gasteiger charge is 2.23. The Morgan fingerprint density at radius 2 is 2.13 bits per heavy atom. The first-order chi connectivity index (χ1) is 6.93. The van der Waals surface area contributed by atoms with Crippen molar-refractivity contribution >= 4 is 5.82 Å². The summed E-state index contributed by atoms with van der Waals surface area (Å²) in [5.74, 6) is 6.10. The number of anilines is 1. The topological polar surface area (TPSA) is 77.0 Å². The molecular weight excluding hydrogens is 188 g/mol. The summed E-state index contributed by atoms with van der Waals surface area (Å²) >= 11 is 0. The van der Waals surface area contributed by atoms with E-state index in [0.29, 0.717) is 5.82 Å². The fourth-order valence-corrected chi connectivity index (χ4v) is 1.47. The molecule has 0 saturated carbocycles. The quantitative estimate of drug-likeness (QED) is 0.513. The van der Waals surface area contributed by atoms with E-state index in [9.17, 15) is 0 Å². The van der Waals surface area contributed by atoms with Crippen LogP contribution in [0.1, 0.15) is 26.3 Å². The van der Waals surface area contributed by atoms with Crippen molar-refractivity contribution in [2.75, 3.05) is 5.73 Å². The molecule has 0 saturated heterocycles. The zero-order chi connectivity index (χ0) is 11.5. The molecule has 0 bridgehead atoms. The lowest BCUT2D eigenvalue weighted by molar-refractivity contribution is 0.269. The molecule has 5 N–H and O–H groups in total. The van der Waals surface area contributed by atoms with Gasteiger partial charge in [0.1, 0.15) is 5.82 Å². The number of nitrogens with one attached hydrogen (secondary N) is 1. The third-order valence-electron chi connectivity index (χ3n) is 2.53. The second-order valence-electron chi connectivity index (χ2n) is 4.88. The van der Waals surface area contributed by atoms with Crippen LogP contribution in [0.15, 0.2) is 18.3 Å². The van der Waals surface area contributed by atoms with Crippen LogP contribution >= 0.6 is 0 Å². The van der Waals surface area contributed by atoms with Crippen molar-refractivity contribution in [1.29, 1.82) is 0 Å². The fraction of sp³-hybridized carbons (Fsp3) is 0.545. The average molecular weight is 208 g/mol. The van der Waals surface area contributed by atoms with Gasteiger partial charge in [0.05, 0.1) is 0 Å². The van der Waals surface area contributed by atoms with E-state index in [2.05, 4.69) is 31.2 Å². The molecule has 1 rings (SSSR count). The molecule has 1 unspecified atom stereocenters. The van der Waals surface area contributed by atoms with Crippen molar-refractivity contribution in [1.82, 2.24) is 10.4 Å². The van der Waals surface area contributed by atoms with E-state index in [1.54, 1.807) is 6.20 Å². The van der Waals surface area contributed by atoms with Gasteiger partial charge in [-0.3, -0.25) is 11.3 Å². The average Bonchev–Trinajstić information content (AvgIpc) is 2.12. The SMILES string of the molecule is CC(C)(C)C(Cc1ccnc(N)c1)NN. The summed E-state index contributed by atoms with van der Waals surface area (Å²) in [5, 5.41) is 0. The number of hydrogen-bond donors (Lipinski definition) is 3. The zero-order valence-electron chi connectivity index (χ0n) is 9.62. The lowest BCUT2D eigenvalue weighted by Crippen LogP contribution is -2.45. The van der Waals surface area contributed by atoms with E-state index >= 15 is 0 Å². The van der Waals surface area contributed by atoms with Gasteiger partial charge in [0, 0.05) is 12.2 Å². The van der Waals surface area contributed by atoms with Crippen molar-refractivity contribution in [3.05, 3.63) is 23.9 Å². The summed E-state index contributed by atoms with van der Waals surface area (Å²) in [6.07, 6.45) is 2.58. The van der Waals surface area contributed by atoms with Crippen molar-refractivity contribution < 1.29 is 0 Å². The number of rotatable bonds is 3. The van der Waals surface area contributed by atoms with Crippen molar-refractivity contribution in [2.24, 2.45) is 11.3 Å². The minimum atomic E-state index is 0.118. The lowest BCUT2D eigenvalue weighted by Gasteiger charge is -2.30. The Kier molecular flexibility index (Phi) is 3.66. The highest BCUT2D eigenvalue weighted by atomic mass is 15.2. The minimum absolute atomic E-state index is 0.118. The molecule has 1 aromatic heterocycles.